The minimum atomic E-state index is -5.08. The standard InChI is InChI=1S/C19H21N3O4.C2HF3O2/c23-18(21-12-14-4-2-10-25-14)17-6-5-15-16(26-17)7-9-22(15)19(24)13-3-1-8-20-11-13;3-2(4,5)1(6)7/h1-4,8,10-11,15-17H,5-7,9,12H2,(H,21,23);(H,6,7)/t15-,16-,17-;/m1./s1. The maximum atomic E-state index is 12.7. The van der Waals surface area contributed by atoms with E-state index < -0.39 is 18.2 Å². The molecule has 2 aromatic heterocycles. The van der Waals surface area contributed by atoms with Gasteiger partial charge in [0.2, 0.25) is 5.91 Å². The third-order valence-electron chi connectivity index (χ3n) is 5.27. The van der Waals surface area contributed by atoms with Crippen LogP contribution < -0.4 is 5.32 Å². The molecule has 2 aromatic rings. The van der Waals surface area contributed by atoms with Crippen molar-refractivity contribution in [2.45, 2.75) is 50.2 Å². The normalized spacial score (nSPS) is 22.0. The number of alkyl halides is 3. The number of furan rings is 1. The fraction of sp³-hybridized carbons (Fsp3) is 0.429. The molecule has 0 bridgehead atoms. The largest absolute Gasteiger partial charge is 0.490 e. The number of nitrogens with zero attached hydrogens (tertiary/aromatic N) is 2. The molecule has 9 nitrogen and oxygen atoms in total. The lowest BCUT2D eigenvalue weighted by Gasteiger charge is -2.35. The van der Waals surface area contributed by atoms with E-state index in [0.717, 1.165) is 12.8 Å². The fourth-order valence-corrected chi connectivity index (χ4v) is 3.73. The molecule has 0 unspecified atom stereocenters. The van der Waals surface area contributed by atoms with Gasteiger partial charge in [0.1, 0.15) is 11.9 Å². The van der Waals surface area contributed by atoms with Crippen molar-refractivity contribution in [2.24, 2.45) is 0 Å². The molecule has 4 rings (SSSR count). The average molecular weight is 469 g/mol. The molecule has 2 aliphatic heterocycles. The van der Waals surface area contributed by atoms with Crippen LogP contribution in [-0.2, 0) is 20.9 Å². The average Bonchev–Trinajstić information content (AvgIpc) is 3.47. The van der Waals surface area contributed by atoms with Crippen molar-refractivity contribution < 1.29 is 41.8 Å². The number of hydrogen-bond acceptors (Lipinski definition) is 6. The third-order valence-corrected chi connectivity index (χ3v) is 5.27. The van der Waals surface area contributed by atoms with Crippen molar-refractivity contribution in [3.05, 3.63) is 54.2 Å². The third kappa shape index (κ3) is 6.31. The molecule has 3 atom stereocenters. The summed E-state index contributed by atoms with van der Waals surface area (Å²) in [7, 11) is 0. The molecular weight excluding hydrogens is 447 g/mol. The molecule has 2 saturated heterocycles. The minimum Gasteiger partial charge on any atom is -0.475 e. The van der Waals surface area contributed by atoms with Crippen LogP contribution in [0.2, 0.25) is 0 Å². The Morgan fingerprint density at radius 2 is 1.94 bits per heavy atom. The molecule has 2 N–H and O–H groups in total. The Hall–Kier alpha value is -3.41. The second-order valence-electron chi connectivity index (χ2n) is 7.44. The number of carbonyl (C=O) groups excluding carboxylic acids is 2. The Bertz CT molecular complexity index is 952. The van der Waals surface area contributed by atoms with Crippen LogP contribution in [0.3, 0.4) is 0 Å². The first kappa shape index (κ1) is 24.2. The van der Waals surface area contributed by atoms with Crippen LogP contribution in [0.5, 0.6) is 0 Å². The van der Waals surface area contributed by atoms with Crippen molar-refractivity contribution in [1.82, 2.24) is 15.2 Å². The van der Waals surface area contributed by atoms with Gasteiger partial charge in [0.05, 0.1) is 30.5 Å². The number of carboxylic acids is 1. The number of nitrogens with one attached hydrogen (secondary N) is 1. The summed E-state index contributed by atoms with van der Waals surface area (Å²) in [6.07, 6.45) is 1.28. The Morgan fingerprint density at radius 3 is 2.55 bits per heavy atom. The van der Waals surface area contributed by atoms with Gasteiger partial charge >= 0.3 is 12.1 Å². The fourth-order valence-electron chi connectivity index (χ4n) is 3.73. The molecule has 12 heteroatoms. The number of amides is 2. The van der Waals surface area contributed by atoms with Gasteiger partial charge in [-0.25, -0.2) is 4.79 Å². The van der Waals surface area contributed by atoms with Crippen LogP contribution in [0.25, 0.3) is 0 Å². The Labute approximate surface area is 186 Å². The highest BCUT2D eigenvalue weighted by Crippen LogP contribution is 2.32. The highest BCUT2D eigenvalue weighted by molar-refractivity contribution is 5.94. The number of carbonyl (C=O) groups is 3. The first-order chi connectivity index (χ1) is 15.7. The monoisotopic (exact) mass is 469 g/mol. The molecule has 178 valence electrons. The van der Waals surface area contributed by atoms with E-state index >= 15 is 0 Å². The minimum absolute atomic E-state index is 0.0186. The topological polar surface area (TPSA) is 122 Å². The van der Waals surface area contributed by atoms with Crippen LogP contribution in [0.1, 0.15) is 35.4 Å². The molecule has 0 radical (unpaired) electrons. The summed E-state index contributed by atoms with van der Waals surface area (Å²) in [4.78, 5) is 39.8. The van der Waals surface area contributed by atoms with E-state index in [1.165, 1.54) is 0 Å². The predicted molar refractivity (Wildman–Crippen MR) is 106 cm³/mol. The lowest BCUT2D eigenvalue weighted by Crippen LogP contribution is -2.48. The number of fused-ring (bicyclic) bond motifs is 1. The zero-order valence-corrected chi connectivity index (χ0v) is 17.3. The van der Waals surface area contributed by atoms with Gasteiger partial charge in [0, 0.05) is 18.9 Å². The second kappa shape index (κ2) is 10.5. The number of ether oxygens (including phenoxy) is 1. The maximum absolute atomic E-state index is 12.7. The number of rotatable bonds is 4. The van der Waals surface area contributed by atoms with Crippen LogP contribution >= 0.6 is 0 Å². The Morgan fingerprint density at radius 1 is 1.18 bits per heavy atom. The smallest absolute Gasteiger partial charge is 0.475 e. The predicted octanol–water partition coefficient (Wildman–Crippen LogP) is 2.39. The SMILES string of the molecule is O=C(NCc1ccco1)[C@H]1CC[C@@H]2[C@@H](CCN2C(=O)c2cccnc2)O1.O=C(O)C(F)(F)F. The summed E-state index contributed by atoms with van der Waals surface area (Å²) < 4.78 is 43.0. The number of pyridine rings is 1. The first-order valence-electron chi connectivity index (χ1n) is 10.1. The highest BCUT2D eigenvalue weighted by Gasteiger charge is 2.43. The van der Waals surface area contributed by atoms with E-state index in [9.17, 15) is 22.8 Å². The Kier molecular flexibility index (Phi) is 7.69. The number of aromatic nitrogens is 1. The van der Waals surface area contributed by atoms with Gasteiger partial charge in [-0.1, -0.05) is 0 Å². The van der Waals surface area contributed by atoms with E-state index in [-0.39, 0.29) is 24.0 Å². The Balaban J connectivity index is 0.000000383. The zero-order chi connectivity index (χ0) is 24.0. The molecule has 33 heavy (non-hydrogen) atoms. The van der Waals surface area contributed by atoms with Crippen molar-refractivity contribution in [2.75, 3.05) is 6.54 Å². The van der Waals surface area contributed by atoms with Crippen LogP contribution in [0.15, 0.2) is 47.3 Å². The van der Waals surface area contributed by atoms with Crippen molar-refractivity contribution in [1.29, 1.82) is 0 Å². The number of carboxylic acid groups (broad SMARTS) is 1. The number of likely N-dealkylation sites (tertiary alicyclic amines) is 1. The molecule has 2 aliphatic rings. The lowest BCUT2D eigenvalue weighted by molar-refractivity contribution is -0.192. The molecule has 2 amide bonds. The quantitative estimate of drug-likeness (QED) is 0.705. The van der Waals surface area contributed by atoms with E-state index in [1.807, 2.05) is 11.0 Å². The van der Waals surface area contributed by atoms with Crippen molar-refractivity contribution >= 4 is 17.8 Å². The van der Waals surface area contributed by atoms with E-state index in [0.29, 0.717) is 30.8 Å². The van der Waals surface area contributed by atoms with Crippen molar-refractivity contribution in [3.63, 3.8) is 0 Å². The molecule has 2 fully saturated rings. The summed E-state index contributed by atoms with van der Waals surface area (Å²) in [6.45, 7) is 0.995. The van der Waals surface area contributed by atoms with Crippen LogP contribution in [0.4, 0.5) is 13.2 Å². The number of aliphatic carboxylic acids is 1. The lowest BCUT2D eigenvalue weighted by atomic mass is 9.98. The zero-order valence-electron chi connectivity index (χ0n) is 17.3. The number of hydrogen-bond donors (Lipinski definition) is 2. The highest BCUT2D eigenvalue weighted by atomic mass is 19.4. The summed E-state index contributed by atoms with van der Waals surface area (Å²) in [5.74, 6) is -2.19. The second-order valence-corrected chi connectivity index (χ2v) is 7.44. The molecule has 0 spiro atoms. The molecule has 4 heterocycles. The van der Waals surface area contributed by atoms with Gasteiger partial charge in [0.25, 0.3) is 5.91 Å². The van der Waals surface area contributed by atoms with Gasteiger partial charge < -0.3 is 24.5 Å². The summed E-state index contributed by atoms with van der Waals surface area (Å²) >= 11 is 0. The molecule has 0 aromatic carbocycles. The van der Waals surface area contributed by atoms with Gasteiger partial charge in [-0.2, -0.15) is 13.2 Å². The molecule has 0 aliphatic carbocycles. The van der Waals surface area contributed by atoms with Crippen molar-refractivity contribution in [3.8, 4) is 0 Å². The van der Waals surface area contributed by atoms with Gasteiger partial charge in [-0.15, -0.1) is 0 Å². The first-order valence-corrected chi connectivity index (χ1v) is 10.1. The molecular formula is C21H22F3N3O6. The van der Waals surface area contributed by atoms with Crippen LogP contribution in [-0.4, -0.2) is 63.7 Å². The van der Waals surface area contributed by atoms with Gasteiger partial charge in [-0.05, 0) is 43.5 Å². The van der Waals surface area contributed by atoms with Crippen LogP contribution in [0, 0.1) is 0 Å². The van der Waals surface area contributed by atoms with E-state index in [2.05, 4.69) is 10.3 Å². The summed E-state index contributed by atoms with van der Waals surface area (Å²) in [5, 5.41) is 9.97. The van der Waals surface area contributed by atoms with E-state index in [1.54, 1.807) is 36.9 Å². The maximum Gasteiger partial charge on any atom is 0.490 e. The number of halogens is 3. The van der Waals surface area contributed by atoms with E-state index in [4.69, 9.17) is 19.1 Å². The van der Waals surface area contributed by atoms with Gasteiger partial charge in [0.15, 0.2) is 0 Å². The summed E-state index contributed by atoms with van der Waals surface area (Å²) in [5.41, 5.74) is 0.589. The van der Waals surface area contributed by atoms with Gasteiger partial charge in [-0.3, -0.25) is 14.6 Å². The summed E-state index contributed by atoms with van der Waals surface area (Å²) in [6, 6.07) is 7.17. The molecule has 0 saturated carbocycles.